The molecule has 2 aromatic heterocycles. The van der Waals surface area contributed by atoms with Crippen LogP contribution in [0.1, 0.15) is 32.3 Å². The number of nitrogens with zero attached hydrogens (tertiary/aromatic N) is 5. The van der Waals surface area contributed by atoms with Gasteiger partial charge < -0.3 is 26.6 Å². The van der Waals surface area contributed by atoms with Gasteiger partial charge in [-0.2, -0.15) is 14.9 Å². The summed E-state index contributed by atoms with van der Waals surface area (Å²) in [5.41, 5.74) is 9.00. The standard InChI is InChI=1S/C22H27N9O/c1-3-30(9-8-23)19-7-6-17(10-18(19)26-14(2)32)27-20-11-21(28-16-4-5-16)31-22(29-20)15(12-24)13-25-31/h6-7,10-11,13,16,28H,3-5,8-9,23H2,1-2H3,(H,26,32)(H,27,29). The average Bonchev–Trinajstić information content (AvgIpc) is 3.48. The van der Waals surface area contributed by atoms with Crippen LogP contribution in [-0.4, -0.2) is 46.2 Å². The van der Waals surface area contributed by atoms with Crippen LogP contribution in [0.15, 0.2) is 30.5 Å². The molecule has 1 aliphatic rings. The van der Waals surface area contributed by atoms with Crippen molar-refractivity contribution in [3.05, 3.63) is 36.0 Å². The second kappa shape index (κ2) is 9.11. The van der Waals surface area contributed by atoms with E-state index in [1.165, 1.54) is 13.1 Å². The molecule has 10 heteroatoms. The van der Waals surface area contributed by atoms with Crippen LogP contribution in [0.25, 0.3) is 5.65 Å². The van der Waals surface area contributed by atoms with Crippen LogP contribution in [0.4, 0.5) is 28.7 Å². The highest BCUT2D eigenvalue weighted by Crippen LogP contribution is 2.32. The highest BCUT2D eigenvalue weighted by molar-refractivity contribution is 5.94. The van der Waals surface area contributed by atoms with Gasteiger partial charge in [0.15, 0.2) is 5.65 Å². The van der Waals surface area contributed by atoms with E-state index in [9.17, 15) is 10.1 Å². The summed E-state index contributed by atoms with van der Waals surface area (Å²) in [6, 6.07) is 10.2. The van der Waals surface area contributed by atoms with E-state index in [0.29, 0.717) is 41.8 Å². The molecule has 0 spiro atoms. The number of benzene rings is 1. The predicted octanol–water partition coefficient (Wildman–Crippen LogP) is 2.66. The van der Waals surface area contributed by atoms with Gasteiger partial charge in [0, 0.05) is 44.4 Å². The lowest BCUT2D eigenvalue weighted by Gasteiger charge is -2.25. The molecule has 3 aromatic rings. The lowest BCUT2D eigenvalue weighted by atomic mass is 10.2. The minimum Gasteiger partial charge on any atom is -0.369 e. The van der Waals surface area contributed by atoms with Crippen molar-refractivity contribution < 1.29 is 4.79 Å². The Balaban J connectivity index is 1.69. The minimum atomic E-state index is -0.152. The molecule has 1 saturated carbocycles. The number of rotatable bonds is 9. The van der Waals surface area contributed by atoms with Crippen LogP contribution >= 0.6 is 0 Å². The van der Waals surface area contributed by atoms with Gasteiger partial charge in [-0.25, -0.2) is 4.98 Å². The number of carbonyl (C=O) groups excluding carboxylic acids is 1. The molecular weight excluding hydrogens is 406 g/mol. The van der Waals surface area contributed by atoms with E-state index in [1.54, 1.807) is 4.52 Å². The first kappa shape index (κ1) is 21.4. The molecule has 1 fully saturated rings. The second-order valence-corrected chi connectivity index (χ2v) is 7.76. The number of anilines is 5. The molecule has 0 radical (unpaired) electrons. The first-order chi connectivity index (χ1) is 15.5. The SMILES string of the molecule is CCN(CCN)c1ccc(Nc2cc(NC3CC3)n3ncc(C#N)c3n2)cc1NC(C)=O. The fourth-order valence-electron chi connectivity index (χ4n) is 3.58. The molecule has 1 aromatic carbocycles. The lowest BCUT2D eigenvalue weighted by Crippen LogP contribution is -2.30. The summed E-state index contributed by atoms with van der Waals surface area (Å²) in [6.07, 6.45) is 3.74. The first-order valence-corrected chi connectivity index (χ1v) is 10.7. The number of hydrogen-bond donors (Lipinski definition) is 4. The third kappa shape index (κ3) is 4.58. The highest BCUT2D eigenvalue weighted by atomic mass is 16.1. The fraction of sp³-hybridized carbons (Fsp3) is 0.364. The third-order valence-electron chi connectivity index (χ3n) is 5.22. The minimum absolute atomic E-state index is 0.152. The molecule has 1 amide bonds. The molecule has 0 unspecified atom stereocenters. The zero-order valence-corrected chi connectivity index (χ0v) is 18.2. The van der Waals surface area contributed by atoms with E-state index in [0.717, 1.165) is 36.6 Å². The normalized spacial score (nSPS) is 12.9. The van der Waals surface area contributed by atoms with E-state index in [4.69, 9.17) is 5.73 Å². The van der Waals surface area contributed by atoms with Crippen molar-refractivity contribution in [2.45, 2.75) is 32.7 Å². The number of likely N-dealkylation sites (N-methyl/N-ethyl adjacent to an activating group) is 1. The Morgan fingerprint density at radius 2 is 2.19 bits per heavy atom. The van der Waals surface area contributed by atoms with Crippen molar-refractivity contribution in [1.29, 1.82) is 5.26 Å². The number of nitriles is 1. The molecule has 0 bridgehead atoms. The van der Waals surface area contributed by atoms with E-state index in [-0.39, 0.29) is 5.91 Å². The van der Waals surface area contributed by atoms with Crippen LogP contribution in [0, 0.1) is 11.3 Å². The number of carbonyl (C=O) groups is 1. The molecular formula is C22H27N9O. The molecule has 4 rings (SSSR count). The van der Waals surface area contributed by atoms with Crippen molar-refractivity contribution in [2.75, 3.05) is 40.5 Å². The smallest absolute Gasteiger partial charge is 0.221 e. The molecule has 10 nitrogen and oxygen atoms in total. The monoisotopic (exact) mass is 433 g/mol. The zero-order chi connectivity index (χ0) is 22.7. The summed E-state index contributed by atoms with van der Waals surface area (Å²) in [5.74, 6) is 1.20. The summed E-state index contributed by atoms with van der Waals surface area (Å²) in [6.45, 7) is 5.49. The van der Waals surface area contributed by atoms with Gasteiger partial charge in [-0.05, 0) is 38.0 Å². The Morgan fingerprint density at radius 1 is 1.38 bits per heavy atom. The summed E-state index contributed by atoms with van der Waals surface area (Å²) in [5, 5.41) is 23.4. The van der Waals surface area contributed by atoms with E-state index in [2.05, 4.69) is 37.0 Å². The van der Waals surface area contributed by atoms with Gasteiger partial charge in [0.05, 0.1) is 17.6 Å². The fourth-order valence-corrected chi connectivity index (χ4v) is 3.58. The largest absolute Gasteiger partial charge is 0.369 e. The summed E-state index contributed by atoms with van der Waals surface area (Å²) < 4.78 is 1.65. The number of fused-ring (bicyclic) bond motifs is 1. The maximum atomic E-state index is 11.8. The van der Waals surface area contributed by atoms with Gasteiger partial charge in [0.25, 0.3) is 0 Å². The summed E-state index contributed by atoms with van der Waals surface area (Å²) in [4.78, 5) is 18.5. The first-order valence-electron chi connectivity index (χ1n) is 10.7. The van der Waals surface area contributed by atoms with Gasteiger partial charge in [-0.3, -0.25) is 4.79 Å². The Morgan fingerprint density at radius 3 is 2.84 bits per heavy atom. The number of hydrogen-bond acceptors (Lipinski definition) is 8. The Hall–Kier alpha value is -3.84. The quantitative estimate of drug-likeness (QED) is 0.404. The summed E-state index contributed by atoms with van der Waals surface area (Å²) in [7, 11) is 0. The van der Waals surface area contributed by atoms with Gasteiger partial charge in [0.1, 0.15) is 23.3 Å². The Bertz CT molecular complexity index is 1180. The van der Waals surface area contributed by atoms with Crippen molar-refractivity contribution >= 4 is 40.3 Å². The highest BCUT2D eigenvalue weighted by Gasteiger charge is 2.23. The van der Waals surface area contributed by atoms with Crippen LogP contribution in [0.2, 0.25) is 0 Å². The van der Waals surface area contributed by atoms with E-state index in [1.807, 2.05) is 31.2 Å². The van der Waals surface area contributed by atoms with Crippen LogP contribution in [0.3, 0.4) is 0 Å². The maximum absolute atomic E-state index is 11.8. The average molecular weight is 434 g/mol. The number of nitrogens with two attached hydrogens (primary N) is 1. The van der Waals surface area contributed by atoms with Crippen molar-refractivity contribution in [3.8, 4) is 6.07 Å². The lowest BCUT2D eigenvalue weighted by molar-refractivity contribution is -0.114. The van der Waals surface area contributed by atoms with Crippen molar-refractivity contribution in [1.82, 2.24) is 14.6 Å². The van der Waals surface area contributed by atoms with Gasteiger partial charge in [0.2, 0.25) is 5.91 Å². The second-order valence-electron chi connectivity index (χ2n) is 7.76. The topological polar surface area (TPSA) is 136 Å². The van der Waals surface area contributed by atoms with Gasteiger partial charge >= 0.3 is 0 Å². The van der Waals surface area contributed by atoms with E-state index >= 15 is 0 Å². The summed E-state index contributed by atoms with van der Waals surface area (Å²) >= 11 is 0. The number of amides is 1. The molecule has 5 N–H and O–H groups in total. The van der Waals surface area contributed by atoms with Crippen molar-refractivity contribution in [2.24, 2.45) is 5.73 Å². The number of nitrogens with one attached hydrogen (secondary N) is 3. The van der Waals surface area contributed by atoms with Crippen LogP contribution in [0.5, 0.6) is 0 Å². The Kier molecular flexibility index (Phi) is 6.09. The van der Waals surface area contributed by atoms with Gasteiger partial charge in [-0.1, -0.05) is 0 Å². The van der Waals surface area contributed by atoms with E-state index < -0.39 is 0 Å². The molecule has 0 atom stereocenters. The molecule has 32 heavy (non-hydrogen) atoms. The predicted molar refractivity (Wildman–Crippen MR) is 125 cm³/mol. The van der Waals surface area contributed by atoms with Gasteiger partial charge in [-0.15, -0.1) is 0 Å². The molecule has 1 aliphatic carbocycles. The zero-order valence-electron chi connectivity index (χ0n) is 18.2. The molecule has 2 heterocycles. The number of aromatic nitrogens is 3. The third-order valence-corrected chi connectivity index (χ3v) is 5.22. The molecule has 0 saturated heterocycles. The maximum Gasteiger partial charge on any atom is 0.221 e. The molecule has 0 aliphatic heterocycles. The Labute approximate surface area is 186 Å². The van der Waals surface area contributed by atoms with Crippen LogP contribution < -0.4 is 26.6 Å². The van der Waals surface area contributed by atoms with Crippen molar-refractivity contribution in [3.63, 3.8) is 0 Å². The van der Waals surface area contributed by atoms with Crippen LogP contribution in [-0.2, 0) is 4.79 Å². The molecule has 166 valence electrons.